The molecule has 0 bridgehead atoms. The second kappa shape index (κ2) is 6.84. The van der Waals surface area contributed by atoms with Gasteiger partial charge in [0.25, 0.3) is 0 Å². The minimum atomic E-state index is -3.24. The van der Waals surface area contributed by atoms with Crippen molar-refractivity contribution in [2.24, 2.45) is 4.99 Å². The van der Waals surface area contributed by atoms with Gasteiger partial charge < -0.3 is 0 Å². The van der Waals surface area contributed by atoms with Gasteiger partial charge in [-0.3, -0.25) is 0 Å². The molecule has 0 radical (unpaired) electrons. The molecule has 0 unspecified atom stereocenters. The van der Waals surface area contributed by atoms with Gasteiger partial charge in [-0.1, -0.05) is 0 Å². The molecule has 3 rings (SSSR count). The van der Waals surface area contributed by atoms with E-state index in [9.17, 15) is 0 Å². The van der Waals surface area contributed by atoms with Crippen LogP contribution >= 0.6 is 11.6 Å². The fourth-order valence-corrected chi connectivity index (χ4v) is 7.08. The first kappa shape index (κ1) is 18.6. The molecule has 0 amide bonds. The third kappa shape index (κ3) is 4.14. The zero-order chi connectivity index (χ0) is 18.2. The number of aliphatic imine (C=N–C) groups is 1. The summed E-state index contributed by atoms with van der Waals surface area (Å²) >= 11 is 2.92. The first-order valence-electron chi connectivity index (χ1n) is 8.56. The van der Waals surface area contributed by atoms with Crippen LogP contribution in [0.25, 0.3) is 0 Å². The summed E-state index contributed by atoms with van der Waals surface area (Å²) < 4.78 is 12.6. The van der Waals surface area contributed by atoms with Crippen LogP contribution < -0.4 is 6.15 Å². The molecule has 0 fully saturated rings. The van der Waals surface area contributed by atoms with Crippen molar-refractivity contribution in [3.05, 3.63) is 52.5 Å². The molecule has 0 atom stereocenters. The van der Waals surface area contributed by atoms with Crippen LogP contribution in [-0.4, -0.2) is 25.4 Å². The first-order chi connectivity index (χ1) is 11.7. The normalized spacial score (nSPS) is 15.8. The van der Waals surface area contributed by atoms with Crippen LogP contribution in [0.2, 0.25) is 14.9 Å². The van der Waals surface area contributed by atoms with E-state index in [2.05, 4.69) is 42.8 Å². The fraction of sp³-hybridized carbons (Fsp3) is 0.350. The van der Waals surface area contributed by atoms with Gasteiger partial charge in [-0.25, -0.2) is 0 Å². The van der Waals surface area contributed by atoms with Gasteiger partial charge in [0.2, 0.25) is 0 Å². The molecule has 2 aromatic carbocycles. The van der Waals surface area contributed by atoms with Crippen molar-refractivity contribution in [2.45, 2.75) is 42.5 Å². The Kier molecular flexibility index (Phi) is 5.08. The van der Waals surface area contributed by atoms with E-state index < -0.39 is 19.2 Å². The summed E-state index contributed by atoms with van der Waals surface area (Å²) in [6, 6.07) is 11.9. The number of rotatable bonds is 2. The zero-order valence-electron chi connectivity index (χ0n) is 15.4. The Labute approximate surface area is 160 Å². The molecular formula is C20H24ClNO2Sn. The molecule has 132 valence electrons. The first-order valence-corrected chi connectivity index (χ1v) is 17.0. The molecule has 25 heavy (non-hydrogen) atoms. The Hall–Kier alpha value is -1.20. The van der Waals surface area contributed by atoms with E-state index in [4.69, 9.17) is 22.7 Å². The van der Waals surface area contributed by atoms with Crippen LogP contribution in [0, 0.1) is 0 Å². The van der Waals surface area contributed by atoms with E-state index in [-0.39, 0.29) is 5.41 Å². The Balaban J connectivity index is 2.14. The van der Waals surface area contributed by atoms with Crippen molar-refractivity contribution in [1.82, 2.24) is 0 Å². The molecule has 1 heterocycles. The minimum absolute atomic E-state index is 0.0967. The molecule has 1 aliphatic heterocycles. The van der Waals surface area contributed by atoms with Crippen molar-refractivity contribution in [3.8, 4) is 11.5 Å². The van der Waals surface area contributed by atoms with E-state index in [1.165, 1.54) is 5.56 Å². The molecule has 2 aromatic rings. The van der Waals surface area contributed by atoms with Crippen LogP contribution in [0.15, 0.2) is 41.4 Å². The number of nitrogens with zero attached hydrogens (tertiary/aromatic N) is 1. The van der Waals surface area contributed by atoms with Gasteiger partial charge in [0.15, 0.2) is 0 Å². The van der Waals surface area contributed by atoms with Crippen LogP contribution in [0.3, 0.4) is 0 Å². The Morgan fingerprint density at radius 3 is 2.44 bits per heavy atom. The Bertz CT molecular complexity index is 830. The van der Waals surface area contributed by atoms with E-state index in [1.54, 1.807) is 0 Å². The number of fused-ring (bicyclic) bond motifs is 2. The van der Waals surface area contributed by atoms with Crippen LogP contribution in [0.4, 0.5) is 5.69 Å². The topological polar surface area (TPSA) is 30.8 Å². The fourth-order valence-electron chi connectivity index (χ4n) is 2.73. The monoisotopic (exact) mass is 465 g/mol. The third-order valence-corrected chi connectivity index (χ3v) is 8.95. The summed E-state index contributed by atoms with van der Waals surface area (Å²) in [6.07, 6.45) is 2.88. The van der Waals surface area contributed by atoms with Crippen molar-refractivity contribution >= 4 is 42.7 Å². The Morgan fingerprint density at radius 1 is 1.04 bits per heavy atom. The summed E-state index contributed by atoms with van der Waals surface area (Å²) in [6.45, 7) is 6.69. The summed E-state index contributed by atoms with van der Waals surface area (Å²) in [4.78, 5) is 8.91. The number of benzene rings is 2. The molecule has 5 heteroatoms. The number of hydrogen-bond donors (Lipinski definition) is 0. The van der Waals surface area contributed by atoms with Gasteiger partial charge in [-0.2, -0.15) is 0 Å². The van der Waals surface area contributed by atoms with Gasteiger partial charge in [0.05, 0.1) is 0 Å². The molecular weight excluding hydrogens is 440 g/mol. The van der Waals surface area contributed by atoms with E-state index in [0.717, 1.165) is 29.2 Å². The average molecular weight is 465 g/mol. The SMILES string of the molecule is CCC(C)(C)c1ccc2c(c1)N=Cc1cc(Cl)ccc1[O][Sn]([CH3])([CH3])[O]2. The molecule has 0 spiro atoms. The van der Waals surface area contributed by atoms with Crippen LogP contribution in [0.1, 0.15) is 38.3 Å². The van der Waals surface area contributed by atoms with Crippen molar-refractivity contribution in [3.63, 3.8) is 0 Å². The predicted molar refractivity (Wildman–Crippen MR) is 107 cm³/mol. The van der Waals surface area contributed by atoms with Crippen LogP contribution in [-0.2, 0) is 5.41 Å². The van der Waals surface area contributed by atoms with Gasteiger partial charge in [-0.15, -0.1) is 0 Å². The summed E-state index contributed by atoms with van der Waals surface area (Å²) in [7, 11) is 0. The van der Waals surface area contributed by atoms with E-state index >= 15 is 0 Å². The molecule has 0 saturated heterocycles. The molecule has 0 aromatic heterocycles. The maximum atomic E-state index is 6.33. The van der Waals surface area contributed by atoms with Gasteiger partial charge in [0.1, 0.15) is 0 Å². The molecule has 0 saturated carbocycles. The van der Waals surface area contributed by atoms with Crippen molar-refractivity contribution in [1.29, 1.82) is 0 Å². The molecule has 3 nitrogen and oxygen atoms in total. The average Bonchev–Trinajstić information content (AvgIpc) is 2.59. The second-order valence-corrected chi connectivity index (χ2v) is 17.1. The number of hydrogen-bond acceptors (Lipinski definition) is 3. The molecule has 0 aliphatic carbocycles. The second-order valence-electron chi connectivity index (χ2n) is 7.46. The van der Waals surface area contributed by atoms with Gasteiger partial charge in [-0.05, 0) is 0 Å². The quantitative estimate of drug-likeness (QED) is 0.492. The zero-order valence-corrected chi connectivity index (χ0v) is 19.0. The van der Waals surface area contributed by atoms with Gasteiger partial charge in [0, 0.05) is 0 Å². The van der Waals surface area contributed by atoms with Gasteiger partial charge >= 0.3 is 160 Å². The summed E-state index contributed by atoms with van der Waals surface area (Å²) in [5, 5.41) is 0.670. The number of halogens is 1. The maximum absolute atomic E-state index is 6.33. The predicted octanol–water partition coefficient (Wildman–Crippen LogP) is 6.25. The third-order valence-electron chi connectivity index (χ3n) is 4.65. The summed E-state index contributed by atoms with van der Waals surface area (Å²) in [5.41, 5.74) is 3.09. The summed E-state index contributed by atoms with van der Waals surface area (Å²) in [5.74, 6) is 1.59. The van der Waals surface area contributed by atoms with E-state index in [0.29, 0.717) is 5.02 Å². The Morgan fingerprint density at radius 2 is 1.72 bits per heavy atom. The van der Waals surface area contributed by atoms with Crippen LogP contribution in [0.5, 0.6) is 11.5 Å². The molecule has 0 N–H and O–H groups in total. The van der Waals surface area contributed by atoms with Crippen molar-refractivity contribution < 1.29 is 6.15 Å². The molecule has 1 aliphatic rings. The standard InChI is InChI=1S/C18H20ClNO2.2CH3.Sn/c1-4-18(2,3)13-5-7-17(22)15(10-13)20-11-12-9-14(19)6-8-16(12)21;;;/h5-11,21-22H,4H2,1-3H3;2*1H3;/q;;;+2/p-2. The van der Waals surface area contributed by atoms with E-state index in [1.807, 2.05) is 30.5 Å². The van der Waals surface area contributed by atoms with Crippen molar-refractivity contribution in [2.75, 3.05) is 0 Å².